The standard InChI is InChI=1S/C20H28N4O2/c1-15(23-19(26)20(2,3)4)18(25)22-11-10-17-21-12-13-24(17)14-16-8-6-5-7-9-16/h5-9,12-13,15H,10-11,14H2,1-4H3,(H,22,25)(H,23,26). The Bertz CT molecular complexity index is 732. The first-order valence-corrected chi connectivity index (χ1v) is 8.90. The van der Waals surface area contributed by atoms with Crippen molar-refractivity contribution in [1.82, 2.24) is 20.2 Å². The number of benzene rings is 1. The van der Waals surface area contributed by atoms with E-state index in [-0.39, 0.29) is 11.8 Å². The molecule has 1 atom stereocenters. The SMILES string of the molecule is CC(NC(=O)C(C)(C)C)C(=O)NCCc1nccn1Cc1ccccc1. The van der Waals surface area contributed by atoms with Gasteiger partial charge in [-0.15, -0.1) is 0 Å². The molecule has 0 fully saturated rings. The van der Waals surface area contributed by atoms with Gasteiger partial charge in [0.05, 0.1) is 0 Å². The molecule has 2 aromatic rings. The maximum Gasteiger partial charge on any atom is 0.242 e. The van der Waals surface area contributed by atoms with Gasteiger partial charge < -0.3 is 15.2 Å². The van der Waals surface area contributed by atoms with Crippen LogP contribution in [0.3, 0.4) is 0 Å². The van der Waals surface area contributed by atoms with Crippen LogP contribution in [0.25, 0.3) is 0 Å². The van der Waals surface area contributed by atoms with Crippen molar-refractivity contribution in [3.63, 3.8) is 0 Å². The molecule has 6 heteroatoms. The third-order valence-electron chi connectivity index (χ3n) is 4.07. The van der Waals surface area contributed by atoms with E-state index < -0.39 is 11.5 Å². The molecular formula is C20H28N4O2. The highest BCUT2D eigenvalue weighted by molar-refractivity contribution is 5.89. The van der Waals surface area contributed by atoms with E-state index in [2.05, 4.69) is 32.3 Å². The van der Waals surface area contributed by atoms with Gasteiger partial charge in [-0.3, -0.25) is 9.59 Å². The first-order chi connectivity index (χ1) is 12.3. The van der Waals surface area contributed by atoms with Crippen LogP contribution >= 0.6 is 0 Å². The summed E-state index contributed by atoms with van der Waals surface area (Å²) in [6, 6.07) is 9.61. The summed E-state index contributed by atoms with van der Waals surface area (Å²) < 4.78 is 2.08. The second kappa shape index (κ2) is 8.65. The summed E-state index contributed by atoms with van der Waals surface area (Å²) in [4.78, 5) is 28.5. The third kappa shape index (κ3) is 5.72. The Kier molecular flexibility index (Phi) is 6.55. The minimum absolute atomic E-state index is 0.140. The van der Waals surface area contributed by atoms with Gasteiger partial charge in [-0.1, -0.05) is 51.1 Å². The fourth-order valence-corrected chi connectivity index (χ4v) is 2.42. The Labute approximate surface area is 155 Å². The van der Waals surface area contributed by atoms with E-state index in [4.69, 9.17) is 0 Å². The monoisotopic (exact) mass is 356 g/mol. The Morgan fingerprint density at radius 1 is 1.19 bits per heavy atom. The third-order valence-corrected chi connectivity index (χ3v) is 4.07. The molecule has 6 nitrogen and oxygen atoms in total. The molecule has 0 radical (unpaired) electrons. The molecule has 1 aromatic heterocycles. The van der Waals surface area contributed by atoms with Crippen LogP contribution < -0.4 is 10.6 Å². The molecule has 140 valence electrons. The van der Waals surface area contributed by atoms with E-state index in [0.29, 0.717) is 13.0 Å². The number of hydrogen-bond acceptors (Lipinski definition) is 3. The average molecular weight is 356 g/mol. The molecule has 1 aromatic carbocycles. The molecule has 0 aliphatic carbocycles. The summed E-state index contributed by atoms with van der Waals surface area (Å²) >= 11 is 0. The number of rotatable bonds is 7. The average Bonchev–Trinajstić information content (AvgIpc) is 3.01. The number of amides is 2. The molecule has 26 heavy (non-hydrogen) atoms. The van der Waals surface area contributed by atoms with Gasteiger partial charge in [0.25, 0.3) is 0 Å². The van der Waals surface area contributed by atoms with Crippen molar-refractivity contribution in [3.05, 3.63) is 54.1 Å². The highest BCUT2D eigenvalue weighted by Crippen LogP contribution is 2.12. The topological polar surface area (TPSA) is 76.0 Å². The van der Waals surface area contributed by atoms with E-state index in [1.165, 1.54) is 5.56 Å². The number of aromatic nitrogens is 2. The highest BCUT2D eigenvalue weighted by Gasteiger charge is 2.24. The Balaban J connectivity index is 1.82. The van der Waals surface area contributed by atoms with E-state index in [0.717, 1.165) is 12.4 Å². The van der Waals surface area contributed by atoms with Gasteiger partial charge in [0.2, 0.25) is 11.8 Å². The lowest BCUT2D eigenvalue weighted by Crippen LogP contribution is -2.48. The molecule has 0 aliphatic heterocycles. The normalized spacial score (nSPS) is 12.5. The summed E-state index contributed by atoms with van der Waals surface area (Å²) in [5.41, 5.74) is 0.686. The second-order valence-corrected chi connectivity index (χ2v) is 7.44. The summed E-state index contributed by atoms with van der Waals surface area (Å²) in [7, 11) is 0. The molecule has 2 amide bonds. The molecule has 0 saturated carbocycles. The maximum atomic E-state index is 12.2. The minimum atomic E-state index is -0.564. The predicted octanol–water partition coefficient (Wildman–Crippen LogP) is 2.14. The summed E-state index contributed by atoms with van der Waals surface area (Å²) in [6.45, 7) is 8.37. The Morgan fingerprint density at radius 2 is 1.88 bits per heavy atom. The molecule has 2 rings (SSSR count). The first kappa shape index (κ1) is 19.7. The zero-order chi connectivity index (χ0) is 19.2. The van der Waals surface area contributed by atoms with Crippen LogP contribution in [0, 0.1) is 5.41 Å². The van der Waals surface area contributed by atoms with Gasteiger partial charge in [-0.25, -0.2) is 4.98 Å². The molecule has 1 unspecified atom stereocenters. The Morgan fingerprint density at radius 3 is 2.54 bits per heavy atom. The summed E-state index contributed by atoms with van der Waals surface area (Å²) in [5, 5.41) is 5.60. The minimum Gasteiger partial charge on any atom is -0.354 e. The van der Waals surface area contributed by atoms with Crippen LogP contribution in [-0.2, 0) is 22.6 Å². The fourth-order valence-electron chi connectivity index (χ4n) is 2.42. The molecule has 1 heterocycles. The molecule has 0 saturated heterocycles. The summed E-state index contributed by atoms with van der Waals surface area (Å²) in [5.74, 6) is 0.586. The second-order valence-electron chi connectivity index (χ2n) is 7.44. The van der Waals surface area contributed by atoms with E-state index >= 15 is 0 Å². The predicted molar refractivity (Wildman–Crippen MR) is 102 cm³/mol. The van der Waals surface area contributed by atoms with Crippen LogP contribution in [0.5, 0.6) is 0 Å². The van der Waals surface area contributed by atoms with Crippen LogP contribution in [0.2, 0.25) is 0 Å². The largest absolute Gasteiger partial charge is 0.354 e. The van der Waals surface area contributed by atoms with E-state index in [9.17, 15) is 9.59 Å². The molecule has 0 aliphatic rings. The molecular weight excluding hydrogens is 328 g/mol. The molecule has 2 N–H and O–H groups in total. The van der Waals surface area contributed by atoms with Gasteiger partial charge in [0.1, 0.15) is 11.9 Å². The van der Waals surface area contributed by atoms with Gasteiger partial charge in [0, 0.05) is 37.3 Å². The van der Waals surface area contributed by atoms with Crippen molar-refractivity contribution in [2.45, 2.75) is 46.7 Å². The molecule has 0 spiro atoms. The van der Waals surface area contributed by atoms with Gasteiger partial charge in [-0.2, -0.15) is 0 Å². The van der Waals surface area contributed by atoms with Crippen molar-refractivity contribution in [3.8, 4) is 0 Å². The zero-order valence-electron chi connectivity index (χ0n) is 16.0. The van der Waals surface area contributed by atoms with Crippen molar-refractivity contribution < 1.29 is 9.59 Å². The number of nitrogens with zero attached hydrogens (tertiary/aromatic N) is 2. The smallest absolute Gasteiger partial charge is 0.242 e. The number of carbonyl (C=O) groups is 2. The lowest BCUT2D eigenvalue weighted by atomic mass is 9.95. The Hall–Kier alpha value is -2.63. The van der Waals surface area contributed by atoms with Crippen molar-refractivity contribution in [2.75, 3.05) is 6.54 Å². The lowest BCUT2D eigenvalue weighted by molar-refractivity contribution is -0.133. The first-order valence-electron chi connectivity index (χ1n) is 8.90. The fraction of sp³-hybridized carbons (Fsp3) is 0.450. The van der Waals surface area contributed by atoms with Crippen molar-refractivity contribution in [1.29, 1.82) is 0 Å². The van der Waals surface area contributed by atoms with Gasteiger partial charge in [-0.05, 0) is 12.5 Å². The highest BCUT2D eigenvalue weighted by atomic mass is 16.2. The number of hydrogen-bond donors (Lipinski definition) is 2. The number of imidazole rings is 1. The number of nitrogens with one attached hydrogen (secondary N) is 2. The van der Waals surface area contributed by atoms with Crippen LogP contribution in [0.15, 0.2) is 42.7 Å². The number of carbonyl (C=O) groups excluding carboxylic acids is 2. The van der Waals surface area contributed by atoms with Crippen LogP contribution in [0.1, 0.15) is 39.1 Å². The van der Waals surface area contributed by atoms with Crippen LogP contribution in [-0.4, -0.2) is 34.0 Å². The van der Waals surface area contributed by atoms with E-state index in [1.54, 1.807) is 13.1 Å². The van der Waals surface area contributed by atoms with Gasteiger partial charge in [0.15, 0.2) is 0 Å². The maximum absolute atomic E-state index is 12.2. The van der Waals surface area contributed by atoms with Crippen molar-refractivity contribution in [2.24, 2.45) is 5.41 Å². The zero-order valence-corrected chi connectivity index (χ0v) is 16.0. The summed E-state index contributed by atoms with van der Waals surface area (Å²) in [6.07, 6.45) is 4.34. The van der Waals surface area contributed by atoms with Gasteiger partial charge >= 0.3 is 0 Å². The van der Waals surface area contributed by atoms with E-state index in [1.807, 2.05) is 45.2 Å². The van der Waals surface area contributed by atoms with Crippen LogP contribution in [0.4, 0.5) is 0 Å². The molecule has 0 bridgehead atoms. The van der Waals surface area contributed by atoms with Crippen molar-refractivity contribution >= 4 is 11.8 Å². The lowest BCUT2D eigenvalue weighted by Gasteiger charge is -2.21. The quantitative estimate of drug-likeness (QED) is 0.798.